The van der Waals surface area contributed by atoms with Crippen LogP contribution in [0.4, 0.5) is 0 Å². The van der Waals surface area contributed by atoms with Crippen molar-refractivity contribution in [3.8, 4) is 0 Å². The van der Waals surface area contributed by atoms with E-state index in [9.17, 15) is 9.59 Å². The normalized spacial score (nSPS) is 11.2. The molecule has 0 aromatic heterocycles. The van der Waals surface area contributed by atoms with Crippen LogP contribution in [0.3, 0.4) is 0 Å². The molecule has 6 nitrogen and oxygen atoms in total. The Balaban J connectivity index is 2.52. The van der Waals surface area contributed by atoms with Crippen LogP contribution >= 0.6 is 0 Å². The molecule has 1 aromatic rings. The van der Waals surface area contributed by atoms with Gasteiger partial charge in [-0.3, -0.25) is 9.80 Å². The van der Waals surface area contributed by atoms with Crippen molar-refractivity contribution in [2.24, 2.45) is 0 Å². The highest BCUT2D eigenvalue weighted by atomic mass is 16.5. The van der Waals surface area contributed by atoms with Crippen molar-refractivity contribution in [1.29, 1.82) is 0 Å². The lowest BCUT2D eigenvalue weighted by Crippen LogP contribution is -2.30. The van der Waals surface area contributed by atoms with Gasteiger partial charge >= 0.3 is 11.9 Å². The Morgan fingerprint density at radius 2 is 0.971 bits per heavy atom. The molecule has 0 saturated carbocycles. The minimum Gasteiger partial charge on any atom is -0.461 e. The van der Waals surface area contributed by atoms with Crippen LogP contribution in [0.15, 0.2) is 24.3 Å². The lowest BCUT2D eigenvalue weighted by molar-refractivity contribution is 0.0458. The van der Waals surface area contributed by atoms with E-state index in [0.717, 1.165) is 90.6 Å². The molecule has 0 amide bonds. The predicted octanol–water partition coefficient (Wildman–Crippen LogP) is 5.80. The Bertz CT molecular complexity index is 611. The van der Waals surface area contributed by atoms with Gasteiger partial charge in [0.2, 0.25) is 0 Å². The summed E-state index contributed by atoms with van der Waals surface area (Å²) < 4.78 is 11.0. The maximum atomic E-state index is 12.5. The topological polar surface area (TPSA) is 59.1 Å². The number of hydrogen-bond donors (Lipinski definition) is 0. The molecule has 0 saturated heterocycles. The van der Waals surface area contributed by atoms with Crippen molar-refractivity contribution in [2.75, 3.05) is 52.5 Å². The van der Waals surface area contributed by atoms with Gasteiger partial charge in [0.05, 0.1) is 11.1 Å². The first-order valence-corrected chi connectivity index (χ1v) is 13.4. The average Bonchev–Trinajstić information content (AvgIpc) is 2.86. The van der Waals surface area contributed by atoms with Gasteiger partial charge in [0, 0.05) is 13.1 Å². The molecule has 0 heterocycles. The highest BCUT2D eigenvalue weighted by Crippen LogP contribution is 2.09. The summed E-state index contributed by atoms with van der Waals surface area (Å²) in [5, 5.41) is 0. The molecule has 0 aliphatic heterocycles. The third-order valence-electron chi connectivity index (χ3n) is 5.93. The summed E-state index contributed by atoms with van der Waals surface area (Å²) in [4.78, 5) is 29.8. The number of esters is 2. The van der Waals surface area contributed by atoms with Crippen LogP contribution in [0.1, 0.15) is 99.8 Å². The first-order valence-electron chi connectivity index (χ1n) is 13.4. The van der Waals surface area contributed by atoms with Crippen LogP contribution in [0.2, 0.25) is 0 Å². The molecular formula is C28H48N2O4. The zero-order valence-electron chi connectivity index (χ0n) is 22.2. The Kier molecular flexibility index (Phi) is 17.2. The molecule has 0 fully saturated rings. The molecule has 0 atom stereocenters. The molecule has 0 aliphatic rings. The summed E-state index contributed by atoms with van der Waals surface area (Å²) in [7, 11) is 0. The predicted molar refractivity (Wildman–Crippen MR) is 140 cm³/mol. The second-order valence-corrected chi connectivity index (χ2v) is 8.95. The number of carbonyl (C=O) groups is 2. The molecule has 1 rings (SSSR count). The van der Waals surface area contributed by atoms with E-state index >= 15 is 0 Å². The summed E-state index contributed by atoms with van der Waals surface area (Å²) in [6, 6.07) is 6.64. The second-order valence-electron chi connectivity index (χ2n) is 8.95. The van der Waals surface area contributed by atoms with Gasteiger partial charge in [-0.15, -0.1) is 0 Å². The Morgan fingerprint density at radius 3 is 1.29 bits per heavy atom. The van der Waals surface area contributed by atoms with Crippen molar-refractivity contribution >= 4 is 11.9 Å². The Hall–Kier alpha value is -1.92. The second kappa shape index (κ2) is 19.4. The number of ether oxygens (including phenoxy) is 2. The third-order valence-corrected chi connectivity index (χ3v) is 5.93. The van der Waals surface area contributed by atoms with Crippen LogP contribution in [0.5, 0.6) is 0 Å². The summed E-state index contributed by atoms with van der Waals surface area (Å²) in [6.07, 6.45) is 9.21. The van der Waals surface area contributed by atoms with E-state index in [1.54, 1.807) is 24.3 Å². The molecule has 0 aliphatic carbocycles. The number of nitrogens with zero attached hydrogens (tertiary/aromatic N) is 2. The van der Waals surface area contributed by atoms with Gasteiger partial charge in [0.25, 0.3) is 0 Å². The molecule has 0 N–H and O–H groups in total. The highest BCUT2D eigenvalue weighted by Gasteiger charge is 2.14. The Labute approximate surface area is 208 Å². The number of benzene rings is 1. The fourth-order valence-corrected chi connectivity index (χ4v) is 3.67. The van der Waals surface area contributed by atoms with Gasteiger partial charge in [-0.2, -0.15) is 0 Å². The van der Waals surface area contributed by atoms with Gasteiger partial charge in [-0.1, -0.05) is 59.4 Å². The van der Waals surface area contributed by atoms with Crippen LogP contribution in [0, 0.1) is 0 Å². The first-order chi connectivity index (χ1) is 16.5. The van der Waals surface area contributed by atoms with Gasteiger partial charge in [0.15, 0.2) is 0 Å². The quantitative estimate of drug-likeness (QED) is 0.222. The van der Waals surface area contributed by atoms with Crippen LogP contribution in [-0.4, -0.2) is 74.2 Å². The van der Waals surface area contributed by atoms with E-state index in [1.165, 1.54) is 0 Å². The van der Waals surface area contributed by atoms with Crippen molar-refractivity contribution in [1.82, 2.24) is 9.80 Å². The lowest BCUT2D eigenvalue weighted by atomic mass is 10.1. The van der Waals surface area contributed by atoms with E-state index in [-0.39, 0.29) is 0 Å². The van der Waals surface area contributed by atoms with E-state index in [0.29, 0.717) is 24.3 Å². The minimum atomic E-state index is -0.397. The maximum absolute atomic E-state index is 12.5. The molecular weight excluding hydrogens is 428 g/mol. The van der Waals surface area contributed by atoms with E-state index in [1.807, 2.05) is 0 Å². The van der Waals surface area contributed by atoms with Crippen molar-refractivity contribution in [2.45, 2.75) is 79.1 Å². The number of rotatable bonds is 20. The fourth-order valence-electron chi connectivity index (χ4n) is 3.67. The van der Waals surface area contributed by atoms with Gasteiger partial charge in [0.1, 0.15) is 13.2 Å². The molecule has 0 unspecified atom stereocenters. The molecule has 0 spiro atoms. The SMILES string of the molecule is CCCCN(CCCC)CCOC(=O)c1cccc(C(=O)OCCN(CCCC)CCCC)c1. The molecule has 194 valence electrons. The molecule has 0 bridgehead atoms. The molecule has 34 heavy (non-hydrogen) atoms. The average molecular weight is 477 g/mol. The summed E-state index contributed by atoms with van der Waals surface area (Å²) >= 11 is 0. The highest BCUT2D eigenvalue weighted by molar-refractivity contribution is 5.95. The van der Waals surface area contributed by atoms with Crippen LogP contribution in [0.25, 0.3) is 0 Å². The summed E-state index contributed by atoms with van der Waals surface area (Å²) in [5.74, 6) is -0.795. The zero-order valence-corrected chi connectivity index (χ0v) is 22.2. The standard InChI is InChI=1S/C28H48N2O4/c1-5-9-16-29(17-10-6-2)20-22-33-27(31)25-14-13-15-26(24-25)28(32)34-23-21-30(18-11-7-3)19-12-8-4/h13-15,24H,5-12,16-23H2,1-4H3. The van der Waals surface area contributed by atoms with Gasteiger partial charge in [-0.25, -0.2) is 9.59 Å². The largest absolute Gasteiger partial charge is 0.461 e. The van der Waals surface area contributed by atoms with Crippen molar-refractivity contribution < 1.29 is 19.1 Å². The van der Waals surface area contributed by atoms with E-state index < -0.39 is 11.9 Å². The summed E-state index contributed by atoms with van der Waals surface area (Å²) in [5.41, 5.74) is 0.770. The molecule has 0 radical (unpaired) electrons. The third kappa shape index (κ3) is 13.1. The monoisotopic (exact) mass is 476 g/mol. The fraction of sp³-hybridized carbons (Fsp3) is 0.714. The number of hydrogen-bond acceptors (Lipinski definition) is 6. The number of carbonyl (C=O) groups excluding carboxylic acids is 2. The number of unbranched alkanes of at least 4 members (excludes halogenated alkanes) is 4. The van der Waals surface area contributed by atoms with E-state index in [4.69, 9.17) is 9.47 Å². The van der Waals surface area contributed by atoms with E-state index in [2.05, 4.69) is 37.5 Å². The molecule has 6 heteroatoms. The first kappa shape index (κ1) is 30.1. The van der Waals surface area contributed by atoms with Crippen molar-refractivity contribution in [3.05, 3.63) is 35.4 Å². The van der Waals surface area contributed by atoms with Gasteiger partial charge < -0.3 is 9.47 Å². The minimum absolute atomic E-state index is 0.353. The Morgan fingerprint density at radius 1 is 0.618 bits per heavy atom. The lowest BCUT2D eigenvalue weighted by Gasteiger charge is -2.21. The van der Waals surface area contributed by atoms with Crippen molar-refractivity contribution in [3.63, 3.8) is 0 Å². The maximum Gasteiger partial charge on any atom is 0.338 e. The molecule has 1 aromatic carbocycles. The van der Waals surface area contributed by atoms with Crippen LogP contribution < -0.4 is 0 Å². The zero-order chi connectivity index (χ0) is 25.0. The van der Waals surface area contributed by atoms with Gasteiger partial charge in [-0.05, 0) is 70.1 Å². The summed E-state index contributed by atoms with van der Waals surface area (Å²) in [6.45, 7) is 15.0. The van der Waals surface area contributed by atoms with Crippen LogP contribution in [-0.2, 0) is 9.47 Å². The smallest absolute Gasteiger partial charge is 0.338 e.